The van der Waals surface area contributed by atoms with Gasteiger partial charge in [0.15, 0.2) is 6.10 Å². The zero-order valence-electron chi connectivity index (χ0n) is 33.3. The second-order valence-corrected chi connectivity index (χ2v) is 17.8. The Morgan fingerprint density at radius 2 is 0.964 bits per heavy atom. The van der Waals surface area contributed by atoms with Gasteiger partial charge in [-0.1, -0.05) is 129 Å². The molecule has 0 saturated heterocycles. The lowest BCUT2D eigenvalue weighted by Gasteiger charge is -2.43. The summed E-state index contributed by atoms with van der Waals surface area (Å²) in [4.78, 5) is 53.9. The van der Waals surface area contributed by atoms with E-state index in [0.717, 1.165) is 63.5 Å². The maximum Gasteiger partial charge on any atom is 0.472 e. The zero-order valence-corrected chi connectivity index (χ0v) is 36.0. The summed E-state index contributed by atoms with van der Waals surface area (Å²) in [5.41, 5.74) is 0. The van der Waals surface area contributed by atoms with Crippen molar-refractivity contribution < 1.29 is 76.9 Å². The number of unbranched alkanes of at least 4 members (excludes halogenated alkanes) is 20. The number of thiol groups is 1. The van der Waals surface area contributed by atoms with Crippen molar-refractivity contribution in [1.82, 2.24) is 0 Å². The average Bonchev–Trinajstić information content (AvgIpc) is 3.14. The molecule has 56 heavy (non-hydrogen) atoms. The van der Waals surface area contributed by atoms with Gasteiger partial charge in [0.25, 0.3) is 0 Å². The van der Waals surface area contributed by atoms with Crippen LogP contribution in [-0.4, -0.2) is 109 Å². The Morgan fingerprint density at radius 3 is 1.41 bits per heavy atom. The van der Waals surface area contributed by atoms with Gasteiger partial charge < -0.3 is 44.6 Å². The van der Waals surface area contributed by atoms with Crippen molar-refractivity contribution in [1.29, 1.82) is 0 Å². The molecule has 1 aliphatic carbocycles. The van der Waals surface area contributed by atoms with E-state index < -0.39 is 83.5 Å². The molecule has 1 fully saturated rings. The third-order valence-electron chi connectivity index (χ3n) is 9.74. The number of aliphatic hydroxyl groups excluding tert-OH is 4. The van der Waals surface area contributed by atoms with Gasteiger partial charge >= 0.3 is 27.6 Å². The van der Waals surface area contributed by atoms with E-state index in [1.54, 1.807) is 0 Å². The van der Waals surface area contributed by atoms with Crippen LogP contribution in [0.3, 0.4) is 0 Å². The van der Waals surface area contributed by atoms with Gasteiger partial charge in [0.05, 0.1) is 6.61 Å². The number of aliphatic hydroxyl groups is 4. The van der Waals surface area contributed by atoms with Crippen LogP contribution >= 0.6 is 28.3 Å². The molecule has 0 amide bonds. The van der Waals surface area contributed by atoms with Crippen LogP contribution in [0.15, 0.2) is 0 Å². The molecule has 0 aromatic heterocycles. The molecule has 8 atom stereocenters. The normalized spacial score (nSPS) is 23.1. The van der Waals surface area contributed by atoms with Crippen LogP contribution in [0.4, 0.5) is 0 Å². The fourth-order valence-corrected chi connectivity index (χ4v) is 8.24. The van der Waals surface area contributed by atoms with Gasteiger partial charge in [-0.2, -0.15) is 12.6 Å². The molecule has 1 saturated carbocycles. The van der Waals surface area contributed by atoms with Crippen LogP contribution in [-0.2, 0) is 41.8 Å². The molecule has 0 aromatic rings. The summed E-state index contributed by atoms with van der Waals surface area (Å²) in [5, 5.41) is 41.0. The number of phosphoric ester groups is 2. The maximum absolute atomic E-state index is 12.9. The highest BCUT2D eigenvalue weighted by Crippen LogP contribution is 2.49. The highest BCUT2D eigenvalue weighted by Gasteiger charge is 2.54. The second-order valence-electron chi connectivity index (χ2n) is 14.8. The first-order valence-corrected chi connectivity index (χ1v) is 24.4. The molecule has 0 radical (unpaired) electrons. The molecule has 0 bridgehead atoms. The van der Waals surface area contributed by atoms with E-state index in [0.29, 0.717) is 12.8 Å². The Kier molecular flexibility index (Phi) is 29.8. The molecule has 1 rings (SSSR count). The molecule has 0 aromatic carbocycles. The van der Waals surface area contributed by atoms with E-state index in [4.69, 9.17) is 28.3 Å². The van der Waals surface area contributed by atoms with E-state index in [1.807, 2.05) is 0 Å². The lowest BCUT2D eigenvalue weighted by atomic mass is 9.85. The van der Waals surface area contributed by atoms with Gasteiger partial charge in [0, 0.05) is 12.8 Å². The van der Waals surface area contributed by atoms with Crippen molar-refractivity contribution in [3.05, 3.63) is 0 Å². The summed E-state index contributed by atoms with van der Waals surface area (Å²) in [6.07, 6.45) is 9.28. The van der Waals surface area contributed by atoms with Gasteiger partial charge in [-0.15, -0.1) is 0 Å². The summed E-state index contributed by atoms with van der Waals surface area (Å²) >= 11 is 4.22. The maximum atomic E-state index is 12.9. The Bertz CT molecular complexity index is 1130. The van der Waals surface area contributed by atoms with Crippen LogP contribution in [0.1, 0.15) is 161 Å². The van der Waals surface area contributed by atoms with E-state index in [2.05, 4.69) is 24.1 Å². The molecule has 332 valence electrons. The lowest BCUT2D eigenvalue weighted by molar-refractivity contribution is -0.216. The molecule has 0 spiro atoms. The quantitative estimate of drug-likeness (QED) is 0.0153. The first-order chi connectivity index (χ1) is 26.6. The molecular formula is C37H72O16P2S. The van der Waals surface area contributed by atoms with Crippen LogP contribution in [0.25, 0.3) is 0 Å². The third kappa shape index (κ3) is 25.8. The van der Waals surface area contributed by atoms with E-state index >= 15 is 0 Å². The Hall–Kier alpha value is -0.650. The lowest BCUT2D eigenvalue weighted by Crippen LogP contribution is -2.64. The van der Waals surface area contributed by atoms with Gasteiger partial charge in [-0.05, 0) is 25.0 Å². The summed E-state index contributed by atoms with van der Waals surface area (Å²) in [6, 6.07) is 0. The van der Waals surface area contributed by atoms with Crippen molar-refractivity contribution in [2.24, 2.45) is 0 Å². The van der Waals surface area contributed by atoms with Crippen molar-refractivity contribution in [2.45, 2.75) is 204 Å². The minimum absolute atomic E-state index is 0.0479. The number of carbonyl (C=O) groups excluding carboxylic acids is 2. The van der Waals surface area contributed by atoms with Crippen LogP contribution in [0.5, 0.6) is 0 Å². The molecular weight excluding hydrogens is 794 g/mol. The number of phosphoric acid groups is 2. The van der Waals surface area contributed by atoms with E-state index in [9.17, 15) is 44.0 Å². The molecule has 0 heterocycles. The predicted octanol–water partition coefficient (Wildman–Crippen LogP) is 6.19. The largest absolute Gasteiger partial charge is 0.472 e. The van der Waals surface area contributed by atoms with E-state index in [-0.39, 0.29) is 12.8 Å². The molecule has 1 aliphatic rings. The minimum atomic E-state index is -5.35. The topological polar surface area (TPSA) is 256 Å². The first kappa shape index (κ1) is 53.4. The fourth-order valence-electron chi connectivity index (χ4n) is 6.48. The molecule has 4 unspecified atom stereocenters. The number of ether oxygens (including phenoxy) is 2. The minimum Gasteiger partial charge on any atom is -0.462 e. The van der Waals surface area contributed by atoms with Gasteiger partial charge in [-0.3, -0.25) is 23.2 Å². The Morgan fingerprint density at radius 1 is 0.554 bits per heavy atom. The monoisotopic (exact) mass is 866 g/mol. The van der Waals surface area contributed by atoms with E-state index in [1.165, 1.54) is 70.6 Å². The number of hydrogen-bond acceptors (Lipinski definition) is 14. The van der Waals surface area contributed by atoms with Gasteiger partial charge in [0.1, 0.15) is 43.2 Å². The smallest absolute Gasteiger partial charge is 0.462 e. The summed E-state index contributed by atoms with van der Waals surface area (Å²) < 4.78 is 49.1. The number of hydrogen-bond donors (Lipinski definition) is 8. The molecule has 7 N–H and O–H groups in total. The molecule has 16 nitrogen and oxygen atoms in total. The van der Waals surface area contributed by atoms with Crippen LogP contribution in [0.2, 0.25) is 0 Å². The summed E-state index contributed by atoms with van der Waals surface area (Å²) in [5.74, 6) is -0.307. The highest BCUT2D eigenvalue weighted by atomic mass is 32.1. The standard InChI is InChI=1S/C37H72O16P2S/c1-2-3-4-5-6-7-8-9-10-12-16-19-22-25-31(39)51-29(27-49-30(38)24-21-18-15-13-11-14-17-20-23-26-56)28-50-55(47,48)53-37-34(42)32(40)33(41)36(35(37)43)52-54(44,45)46/h29,32-37,40-43,56H,2-28H2,1H3,(H,47,48)(H2,44,45,46)/t29-,32+,33?,34?,35-,36-,37?/m1/s1. The zero-order chi connectivity index (χ0) is 41.8. The summed E-state index contributed by atoms with van der Waals surface area (Å²) in [6.45, 7) is 0.876. The van der Waals surface area contributed by atoms with Crippen LogP contribution < -0.4 is 0 Å². The predicted molar refractivity (Wildman–Crippen MR) is 213 cm³/mol. The molecule has 0 aliphatic heterocycles. The SMILES string of the molecule is CCCCCCCCCCCCCCCC(=O)O[C@H](COC(=O)CCCCCCCCCCCS)COP(=O)(O)OC1C(O)[C@@H](O)C(O)[C@@H](OP(=O)(O)O)[C@H]1O. The first-order valence-electron chi connectivity index (χ1n) is 20.7. The van der Waals surface area contributed by atoms with Crippen molar-refractivity contribution in [2.75, 3.05) is 19.0 Å². The number of rotatable bonds is 35. The summed E-state index contributed by atoms with van der Waals surface area (Å²) in [7, 11) is -10.6. The van der Waals surface area contributed by atoms with Crippen molar-refractivity contribution >= 4 is 40.2 Å². The third-order valence-corrected chi connectivity index (χ3v) is 11.6. The van der Waals surface area contributed by atoms with Crippen molar-refractivity contribution in [3.63, 3.8) is 0 Å². The van der Waals surface area contributed by atoms with Crippen LogP contribution in [0, 0.1) is 0 Å². The van der Waals surface area contributed by atoms with Crippen molar-refractivity contribution in [3.8, 4) is 0 Å². The van der Waals surface area contributed by atoms with Gasteiger partial charge in [-0.25, -0.2) is 9.13 Å². The average molecular weight is 867 g/mol. The van der Waals surface area contributed by atoms with Gasteiger partial charge in [0.2, 0.25) is 0 Å². The molecule has 19 heteroatoms. The Balaban J connectivity index is 2.65. The highest BCUT2D eigenvalue weighted by molar-refractivity contribution is 7.80. The fraction of sp³-hybridized carbons (Fsp3) is 0.946. The Labute approximate surface area is 339 Å². The number of carbonyl (C=O) groups is 2. The number of esters is 2. The second kappa shape index (κ2) is 31.3.